The molecular weight excluding hydrogens is 362 g/mol. The number of benzene rings is 4. The van der Waals surface area contributed by atoms with Crippen molar-refractivity contribution in [2.45, 2.75) is 0 Å². The summed E-state index contributed by atoms with van der Waals surface area (Å²) in [6.45, 7) is 0. The Hall–Kier alpha value is -4.05. The Bertz CT molecular complexity index is 1510. The van der Waals surface area contributed by atoms with E-state index in [2.05, 4.69) is 17.1 Å². The summed E-state index contributed by atoms with van der Waals surface area (Å²) in [5.41, 5.74) is 5.57. The molecule has 2 heterocycles. The molecule has 4 aromatic carbocycles. The van der Waals surface area contributed by atoms with E-state index in [1.807, 2.05) is 60.7 Å². The van der Waals surface area contributed by atoms with Crippen LogP contribution >= 0.6 is 0 Å². The summed E-state index contributed by atoms with van der Waals surface area (Å²) in [5, 5.41) is 12.5. The van der Waals surface area contributed by atoms with Gasteiger partial charge in [-0.15, -0.1) is 0 Å². The van der Waals surface area contributed by atoms with E-state index in [0.717, 1.165) is 33.0 Å². The highest BCUT2D eigenvalue weighted by molar-refractivity contribution is 6.06. The highest BCUT2D eigenvalue weighted by Gasteiger charge is 2.17. The Morgan fingerprint density at radius 1 is 0.621 bits per heavy atom. The molecule has 0 unspecified atom stereocenters. The Morgan fingerprint density at radius 2 is 1.45 bits per heavy atom. The molecule has 0 fully saturated rings. The molecule has 4 nitrogen and oxygen atoms in total. The third-order valence-corrected chi connectivity index (χ3v) is 5.22. The molecule has 0 spiro atoms. The zero-order valence-electron chi connectivity index (χ0n) is 15.3. The first-order chi connectivity index (χ1) is 14.3. The highest BCUT2D eigenvalue weighted by atomic mass is 16.4. The van der Waals surface area contributed by atoms with Crippen LogP contribution in [-0.4, -0.2) is 10.1 Å². The summed E-state index contributed by atoms with van der Waals surface area (Å²) >= 11 is 0. The van der Waals surface area contributed by atoms with Crippen LogP contribution < -0.4 is 0 Å². The normalized spacial score (nSPS) is 11.6. The van der Waals surface area contributed by atoms with Crippen molar-refractivity contribution in [3.8, 4) is 28.3 Å². The summed E-state index contributed by atoms with van der Waals surface area (Å²) in [5.74, 6) is 0.476. The largest absolute Gasteiger partial charge is 0.507 e. The Labute approximate surface area is 165 Å². The first-order valence-electron chi connectivity index (χ1n) is 9.37. The summed E-state index contributed by atoms with van der Waals surface area (Å²) in [6.07, 6.45) is 0. The molecule has 0 saturated heterocycles. The lowest BCUT2D eigenvalue weighted by Crippen LogP contribution is -1.80. The van der Waals surface area contributed by atoms with Gasteiger partial charge in [-0.05, 0) is 41.5 Å². The fraction of sp³-hybridized carbons (Fsp3) is 0. The van der Waals surface area contributed by atoms with Gasteiger partial charge in [-0.3, -0.25) is 0 Å². The Kier molecular flexibility index (Phi) is 3.29. The number of rotatable bonds is 2. The third-order valence-electron chi connectivity index (χ3n) is 5.22. The van der Waals surface area contributed by atoms with Crippen LogP contribution in [0.1, 0.15) is 0 Å². The van der Waals surface area contributed by atoms with Crippen LogP contribution in [0, 0.1) is 0 Å². The van der Waals surface area contributed by atoms with Gasteiger partial charge in [0.05, 0.1) is 5.56 Å². The van der Waals surface area contributed by atoms with E-state index >= 15 is 0 Å². The molecule has 4 heteroatoms. The van der Waals surface area contributed by atoms with Crippen molar-refractivity contribution < 1.29 is 13.9 Å². The molecule has 0 saturated carbocycles. The first-order valence-corrected chi connectivity index (χ1v) is 9.37. The number of oxazole rings is 1. The van der Waals surface area contributed by atoms with E-state index in [4.69, 9.17) is 8.83 Å². The number of aromatic nitrogens is 1. The van der Waals surface area contributed by atoms with Crippen molar-refractivity contribution in [1.29, 1.82) is 0 Å². The van der Waals surface area contributed by atoms with E-state index in [-0.39, 0.29) is 5.75 Å². The minimum atomic E-state index is 0.110. The van der Waals surface area contributed by atoms with Gasteiger partial charge in [0, 0.05) is 10.8 Å². The van der Waals surface area contributed by atoms with Crippen molar-refractivity contribution in [3.63, 3.8) is 0 Å². The van der Waals surface area contributed by atoms with Gasteiger partial charge >= 0.3 is 0 Å². The molecule has 29 heavy (non-hydrogen) atoms. The summed E-state index contributed by atoms with van der Waals surface area (Å²) in [6, 6.07) is 27.3. The van der Waals surface area contributed by atoms with Gasteiger partial charge in [-0.25, -0.2) is 4.98 Å². The monoisotopic (exact) mass is 377 g/mol. The predicted octanol–water partition coefficient (Wildman–Crippen LogP) is 6.77. The minimum Gasteiger partial charge on any atom is -0.507 e. The molecule has 0 amide bonds. The lowest BCUT2D eigenvalue weighted by atomic mass is 10.1. The van der Waals surface area contributed by atoms with Crippen LogP contribution in [-0.2, 0) is 0 Å². The molecule has 2 aromatic heterocycles. The van der Waals surface area contributed by atoms with E-state index in [0.29, 0.717) is 22.6 Å². The van der Waals surface area contributed by atoms with Crippen molar-refractivity contribution in [2.24, 2.45) is 0 Å². The average molecular weight is 377 g/mol. The van der Waals surface area contributed by atoms with Gasteiger partial charge in [0.25, 0.3) is 0 Å². The molecule has 0 aliphatic heterocycles. The quantitative estimate of drug-likeness (QED) is 0.362. The maximum absolute atomic E-state index is 10.7. The minimum absolute atomic E-state index is 0.110. The van der Waals surface area contributed by atoms with E-state index in [1.54, 1.807) is 12.1 Å². The van der Waals surface area contributed by atoms with Crippen molar-refractivity contribution in [3.05, 3.63) is 84.9 Å². The number of phenols is 1. The number of nitrogens with zero attached hydrogens (tertiary/aromatic N) is 1. The maximum atomic E-state index is 10.7. The number of phenolic OH excluding ortho intramolecular Hbond substituents is 1. The second kappa shape index (κ2) is 5.97. The predicted molar refractivity (Wildman–Crippen MR) is 114 cm³/mol. The van der Waals surface area contributed by atoms with Crippen LogP contribution in [0.2, 0.25) is 0 Å². The maximum Gasteiger partial charge on any atom is 0.231 e. The van der Waals surface area contributed by atoms with Crippen LogP contribution in [0.4, 0.5) is 0 Å². The van der Waals surface area contributed by atoms with Gasteiger partial charge in [0.2, 0.25) is 5.89 Å². The van der Waals surface area contributed by atoms with Crippen LogP contribution in [0.25, 0.3) is 55.6 Å². The number of furan rings is 1. The zero-order chi connectivity index (χ0) is 19.4. The molecule has 0 atom stereocenters. The molecule has 138 valence electrons. The number of para-hydroxylation sites is 1. The van der Waals surface area contributed by atoms with Gasteiger partial charge in [-0.2, -0.15) is 0 Å². The summed E-state index contributed by atoms with van der Waals surface area (Å²) in [4.78, 5) is 4.62. The SMILES string of the molecule is Oc1cc2c(cc1-c1nc3cc(-c4ccccc4)ccc3o1)oc1ccccc12. The zero-order valence-corrected chi connectivity index (χ0v) is 15.3. The van der Waals surface area contributed by atoms with E-state index in [1.165, 1.54) is 0 Å². The van der Waals surface area contributed by atoms with Gasteiger partial charge in [0.1, 0.15) is 22.4 Å². The third kappa shape index (κ3) is 2.50. The Morgan fingerprint density at radius 3 is 2.34 bits per heavy atom. The van der Waals surface area contributed by atoms with Crippen LogP contribution in [0.15, 0.2) is 93.8 Å². The molecular formula is C25H15NO3. The van der Waals surface area contributed by atoms with Crippen LogP contribution in [0.5, 0.6) is 5.75 Å². The van der Waals surface area contributed by atoms with Crippen LogP contribution in [0.3, 0.4) is 0 Å². The lowest BCUT2D eigenvalue weighted by molar-refractivity contribution is 0.474. The molecule has 1 N–H and O–H groups in total. The number of hydrogen-bond donors (Lipinski definition) is 1. The fourth-order valence-electron chi connectivity index (χ4n) is 3.78. The van der Waals surface area contributed by atoms with Crippen molar-refractivity contribution in [2.75, 3.05) is 0 Å². The molecule has 0 aliphatic rings. The fourth-order valence-corrected chi connectivity index (χ4v) is 3.78. The molecule has 0 radical (unpaired) electrons. The number of hydrogen-bond acceptors (Lipinski definition) is 4. The standard InChI is InChI=1S/C25H15NO3/c27-21-13-18-17-8-4-5-9-22(17)28-24(18)14-19(21)25-26-20-12-16(10-11-23(20)29-25)15-6-2-1-3-7-15/h1-14,27H. The first kappa shape index (κ1) is 16.0. The number of aromatic hydroxyl groups is 1. The van der Waals surface area contributed by atoms with Crippen molar-refractivity contribution >= 4 is 33.0 Å². The molecule has 6 rings (SSSR count). The average Bonchev–Trinajstić information content (AvgIpc) is 3.34. The van der Waals surface area contributed by atoms with Crippen molar-refractivity contribution in [1.82, 2.24) is 4.98 Å². The summed E-state index contributed by atoms with van der Waals surface area (Å²) < 4.78 is 11.9. The second-order valence-corrected chi connectivity index (χ2v) is 7.03. The highest BCUT2D eigenvalue weighted by Crippen LogP contribution is 2.38. The van der Waals surface area contributed by atoms with Gasteiger partial charge in [-0.1, -0.05) is 54.6 Å². The summed E-state index contributed by atoms with van der Waals surface area (Å²) in [7, 11) is 0. The van der Waals surface area contributed by atoms with Gasteiger partial charge in [0.15, 0.2) is 5.58 Å². The second-order valence-electron chi connectivity index (χ2n) is 7.03. The van der Waals surface area contributed by atoms with E-state index < -0.39 is 0 Å². The smallest absolute Gasteiger partial charge is 0.231 e. The molecule has 0 bridgehead atoms. The lowest BCUT2D eigenvalue weighted by Gasteiger charge is -2.00. The molecule has 0 aliphatic carbocycles. The number of fused-ring (bicyclic) bond motifs is 4. The molecule has 6 aromatic rings. The van der Waals surface area contributed by atoms with E-state index in [9.17, 15) is 5.11 Å². The van der Waals surface area contributed by atoms with Gasteiger partial charge < -0.3 is 13.9 Å². The Balaban J connectivity index is 1.51. The topological polar surface area (TPSA) is 59.4 Å².